The zero-order valence-corrected chi connectivity index (χ0v) is 12.1. The van der Waals surface area contributed by atoms with Crippen molar-refractivity contribution in [3.05, 3.63) is 44.9 Å². The molecule has 0 aliphatic carbocycles. The highest BCUT2D eigenvalue weighted by Crippen LogP contribution is 2.30. The van der Waals surface area contributed by atoms with Gasteiger partial charge < -0.3 is 10.1 Å². The molecule has 1 unspecified atom stereocenters. The van der Waals surface area contributed by atoms with Crippen LogP contribution in [0.4, 0.5) is 0 Å². The molecule has 0 radical (unpaired) electrons. The molecule has 5 heteroatoms. The molecule has 0 spiro atoms. The maximum Gasteiger partial charge on any atom is 0.137 e. The Kier molecular flexibility index (Phi) is 4.22. The Morgan fingerprint density at radius 2 is 2.22 bits per heavy atom. The zero-order chi connectivity index (χ0) is 13.1. The van der Waals surface area contributed by atoms with E-state index in [-0.39, 0.29) is 6.04 Å². The summed E-state index contributed by atoms with van der Waals surface area (Å²) in [5, 5.41) is 7.01. The SMILES string of the molecule is CNC(c1ccc(Cl)c(OC)c1)c1csc(C)n1. The first-order valence-electron chi connectivity index (χ1n) is 5.58. The van der Waals surface area contributed by atoms with E-state index in [2.05, 4.69) is 15.7 Å². The molecule has 1 heterocycles. The molecule has 0 fully saturated rings. The molecule has 2 aromatic rings. The van der Waals surface area contributed by atoms with E-state index in [1.807, 2.05) is 32.2 Å². The van der Waals surface area contributed by atoms with Crippen molar-refractivity contribution in [3.8, 4) is 5.75 Å². The van der Waals surface area contributed by atoms with Crippen LogP contribution in [0.3, 0.4) is 0 Å². The Morgan fingerprint density at radius 3 is 2.78 bits per heavy atom. The van der Waals surface area contributed by atoms with Gasteiger partial charge in [0.1, 0.15) is 5.75 Å². The summed E-state index contributed by atoms with van der Waals surface area (Å²) >= 11 is 7.68. The van der Waals surface area contributed by atoms with Crippen molar-refractivity contribution in [2.75, 3.05) is 14.2 Å². The number of halogens is 1. The quantitative estimate of drug-likeness (QED) is 0.933. The highest BCUT2D eigenvalue weighted by Gasteiger charge is 2.16. The number of nitrogens with one attached hydrogen (secondary N) is 1. The Balaban J connectivity index is 2.38. The summed E-state index contributed by atoms with van der Waals surface area (Å²) in [5.41, 5.74) is 2.11. The number of hydrogen-bond donors (Lipinski definition) is 1. The number of rotatable bonds is 4. The van der Waals surface area contributed by atoms with Gasteiger partial charge in [0.25, 0.3) is 0 Å². The minimum absolute atomic E-state index is 0.0566. The predicted molar refractivity (Wildman–Crippen MR) is 75.8 cm³/mol. The highest BCUT2D eigenvalue weighted by atomic mass is 35.5. The van der Waals surface area contributed by atoms with Crippen molar-refractivity contribution in [2.45, 2.75) is 13.0 Å². The van der Waals surface area contributed by atoms with E-state index in [0.717, 1.165) is 16.3 Å². The number of aryl methyl sites for hydroxylation is 1. The van der Waals surface area contributed by atoms with Crippen molar-refractivity contribution >= 4 is 22.9 Å². The van der Waals surface area contributed by atoms with Crippen LogP contribution < -0.4 is 10.1 Å². The van der Waals surface area contributed by atoms with E-state index >= 15 is 0 Å². The second-order valence-corrected chi connectivity index (χ2v) is 5.38. The van der Waals surface area contributed by atoms with Crippen LogP contribution in [0.5, 0.6) is 5.75 Å². The number of aromatic nitrogens is 1. The van der Waals surface area contributed by atoms with Crippen LogP contribution >= 0.6 is 22.9 Å². The van der Waals surface area contributed by atoms with Crippen LogP contribution in [0.1, 0.15) is 22.3 Å². The molecule has 3 nitrogen and oxygen atoms in total. The summed E-state index contributed by atoms with van der Waals surface area (Å²) in [6.07, 6.45) is 0. The fourth-order valence-corrected chi connectivity index (χ4v) is 2.69. The number of thiazole rings is 1. The van der Waals surface area contributed by atoms with Gasteiger partial charge in [0.2, 0.25) is 0 Å². The Labute approximate surface area is 116 Å². The van der Waals surface area contributed by atoms with Crippen LogP contribution in [0.2, 0.25) is 5.02 Å². The molecule has 0 saturated carbocycles. The van der Waals surface area contributed by atoms with Gasteiger partial charge in [0.15, 0.2) is 0 Å². The van der Waals surface area contributed by atoms with Crippen molar-refractivity contribution in [3.63, 3.8) is 0 Å². The topological polar surface area (TPSA) is 34.1 Å². The lowest BCUT2D eigenvalue weighted by molar-refractivity contribution is 0.414. The largest absolute Gasteiger partial charge is 0.495 e. The third-order valence-electron chi connectivity index (χ3n) is 2.73. The lowest BCUT2D eigenvalue weighted by Gasteiger charge is -2.15. The molecule has 0 saturated heterocycles. The fourth-order valence-electron chi connectivity index (χ4n) is 1.85. The first-order chi connectivity index (χ1) is 8.65. The van der Waals surface area contributed by atoms with Gasteiger partial charge in [-0.05, 0) is 31.7 Å². The summed E-state index contributed by atoms with van der Waals surface area (Å²) in [7, 11) is 3.53. The second kappa shape index (κ2) is 5.69. The molecule has 0 bridgehead atoms. The van der Waals surface area contributed by atoms with Gasteiger partial charge in [-0.3, -0.25) is 0 Å². The van der Waals surface area contributed by atoms with Crippen molar-refractivity contribution in [1.82, 2.24) is 10.3 Å². The average molecular weight is 283 g/mol. The molecular weight excluding hydrogens is 268 g/mol. The van der Waals surface area contributed by atoms with E-state index in [0.29, 0.717) is 10.8 Å². The summed E-state index contributed by atoms with van der Waals surface area (Å²) in [6, 6.07) is 5.83. The summed E-state index contributed by atoms with van der Waals surface area (Å²) in [4.78, 5) is 4.52. The van der Waals surface area contributed by atoms with Gasteiger partial charge >= 0.3 is 0 Å². The molecular formula is C13H15ClN2OS. The first kappa shape index (κ1) is 13.3. The number of ether oxygens (including phenoxy) is 1. The second-order valence-electron chi connectivity index (χ2n) is 3.91. The van der Waals surface area contributed by atoms with E-state index in [9.17, 15) is 0 Å². The van der Waals surface area contributed by atoms with E-state index < -0.39 is 0 Å². The average Bonchev–Trinajstić information content (AvgIpc) is 2.79. The van der Waals surface area contributed by atoms with Gasteiger partial charge in [0.05, 0.1) is 28.9 Å². The Hall–Kier alpha value is -1.10. The van der Waals surface area contributed by atoms with Gasteiger partial charge in [0, 0.05) is 5.38 Å². The smallest absolute Gasteiger partial charge is 0.137 e. The minimum atomic E-state index is 0.0566. The maximum atomic E-state index is 6.04. The molecule has 1 N–H and O–H groups in total. The monoisotopic (exact) mass is 282 g/mol. The van der Waals surface area contributed by atoms with E-state index in [1.54, 1.807) is 18.4 Å². The number of methoxy groups -OCH3 is 1. The van der Waals surface area contributed by atoms with Crippen LogP contribution in [0.15, 0.2) is 23.6 Å². The number of nitrogens with zero attached hydrogens (tertiary/aromatic N) is 1. The van der Waals surface area contributed by atoms with Gasteiger partial charge in [-0.1, -0.05) is 17.7 Å². The molecule has 2 rings (SSSR count). The van der Waals surface area contributed by atoms with Gasteiger partial charge in [-0.2, -0.15) is 0 Å². The van der Waals surface area contributed by atoms with Gasteiger partial charge in [-0.15, -0.1) is 11.3 Å². The van der Waals surface area contributed by atoms with E-state index in [1.165, 1.54) is 0 Å². The molecule has 18 heavy (non-hydrogen) atoms. The molecule has 96 valence electrons. The standard InChI is InChI=1S/C13H15ClN2OS/c1-8-16-11(7-18-8)13(15-2)9-4-5-10(14)12(6-9)17-3/h4-7,13,15H,1-3H3. The minimum Gasteiger partial charge on any atom is -0.495 e. The number of hydrogen-bond acceptors (Lipinski definition) is 4. The van der Waals surface area contributed by atoms with Crippen LogP contribution in [0, 0.1) is 6.92 Å². The Bertz CT molecular complexity index is 542. The van der Waals surface area contributed by atoms with Gasteiger partial charge in [-0.25, -0.2) is 4.98 Å². The van der Waals surface area contributed by atoms with Crippen molar-refractivity contribution in [2.24, 2.45) is 0 Å². The maximum absolute atomic E-state index is 6.04. The van der Waals surface area contributed by atoms with Crippen molar-refractivity contribution < 1.29 is 4.74 Å². The zero-order valence-electron chi connectivity index (χ0n) is 10.5. The normalized spacial score (nSPS) is 12.4. The number of benzene rings is 1. The highest BCUT2D eigenvalue weighted by molar-refractivity contribution is 7.09. The third kappa shape index (κ3) is 2.66. The molecule has 0 aliphatic rings. The van der Waals surface area contributed by atoms with Crippen LogP contribution in [-0.4, -0.2) is 19.1 Å². The Morgan fingerprint density at radius 1 is 1.44 bits per heavy atom. The third-order valence-corrected chi connectivity index (χ3v) is 3.83. The molecule has 0 amide bonds. The predicted octanol–water partition coefficient (Wildman–Crippen LogP) is 3.42. The molecule has 0 aliphatic heterocycles. The fraction of sp³-hybridized carbons (Fsp3) is 0.308. The van der Waals surface area contributed by atoms with E-state index in [4.69, 9.17) is 16.3 Å². The van der Waals surface area contributed by atoms with Crippen molar-refractivity contribution in [1.29, 1.82) is 0 Å². The molecule has 1 aromatic heterocycles. The lowest BCUT2D eigenvalue weighted by atomic mass is 10.0. The van der Waals surface area contributed by atoms with Crippen LogP contribution in [-0.2, 0) is 0 Å². The van der Waals surface area contributed by atoms with Crippen LogP contribution in [0.25, 0.3) is 0 Å². The molecule has 1 aromatic carbocycles. The summed E-state index contributed by atoms with van der Waals surface area (Å²) in [6.45, 7) is 2.00. The summed E-state index contributed by atoms with van der Waals surface area (Å²) in [5.74, 6) is 0.682. The summed E-state index contributed by atoms with van der Waals surface area (Å²) < 4.78 is 5.24. The molecule has 1 atom stereocenters. The lowest BCUT2D eigenvalue weighted by Crippen LogP contribution is -2.18. The first-order valence-corrected chi connectivity index (χ1v) is 6.84.